The van der Waals surface area contributed by atoms with Crippen LogP contribution in [0.2, 0.25) is 21.0 Å². The van der Waals surface area contributed by atoms with Gasteiger partial charge in [-0.15, -0.1) is 0 Å². The Morgan fingerprint density at radius 3 is 0.970 bits per heavy atom. The second-order valence-corrected chi connectivity index (χ2v) is 40.7. The molecular weight excluding hydrogens is 599 g/mol. The first-order chi connectivity index (χ1) is 15.9. The Morgan fingerprint density at radius 2 is 0.758 bits per heavy atom. The fourth-order valence-electron chi connectivity index (χ4n) is 3.80. The topological polar surface area (TPSA) is 55.4 Å². The standard InChI is InChI=1S/2C9H22O3SSi.2C2H5.Sn/c2*1-4-10-14(11-5-2,12-6-3)9-7-8-13;2*1-2;/h2*13H,4-9H2,1-3H3;2*1H2,2H3;/q;;;;+2/p-2. The van der Waals surface area contributed by atoms with Gasteiger partial charge in [0.15, 0.2) is 0 Å². The van der Waals surface area contributed by atoms with Gasteiger partial charge in [0.05, 0.1) is 0 Å². The van der Waals surface area contributed by atoms with E-state index in [0.29, 0.717) is 39.6 Å². The third kappa shape index (κ3) is 13.7. The molecule has 0 atom stereocenters. The molecular formula is C22H52O6S2Si2Sn. The van der Waals surface area contributed by atoms with Crippen molar-refractivity contribution in [3.8, 4) is 0 Å². The molecule has 0 saturated carbocycles. The summed E-state index contributed by atoms with van der Waals surface area (Å²) in [7, 11) is -0.447. The third-order valence-electron chi connectivity index (χ3n) is 5.25. The average molecular weight is 652 g/mol. The second kappa shape index (κ2) is 20.7. The molecule has 11 heteroatoms. The van der Waals surface area contributed by atoms with Gasteiger partial charge in [-0.25, -0.2) is 0 Å². The summed E-state index contributed by atoms with van der Waals surface area (Å²) < 4.78 is 38.9. The molecule has 0 aromatic rings. The van der Waals surface area contributed by atoms with Gasteiger partial charge in [0.25, 0.3) is 0 Å². The van der Waals surface area contributed by atoms with Gasteiger partial charge < -0.3 is 0 Å². The first kappa shape index (κ1) is 34.7. The quantitative estimate of drug-likeness (QED) is 0.0834. The molecule has 0 unspecified atom stereocenters. The van der Waals surface area contributed by atoms with Crippen molar-refractivity contribution in [2.75, 3.05) is 51.1 Å². The van der Waals surface area contributed by atoms with Crippen molar-refractivity contribution in [1.29, 1.82) is 0 Å². The van der Waals surface area contributed by atoms with Crippen LogP contribution in [0.1, 0.15) is 68.2 Å². The molecule has 200 valence electrons. The fraction of sp³-hybridized carbons (Fsp3) is 1.00. The molecule has 6 nitrogen and oxygen atoms in total. The van der Waals surface area contributed by atoms with Crippen molar-refractivity contribution >= 4 is 51.1 Å². The summed E-state index contributed by atoms with van der Waals surface area (Å²) in [6.07, 6.45) is 2.20. The zero-order valence-corrected chi connectivity index (χ0v) is 29.2. The van der Waals surface area contributed by atoms with Crippen LogP contribution >= 0.6 is 17.9 Å². The van der Waals surface area contributed by atoms with E-state index in [1.807, 2.05) is 41.5 Å². The Balaban J connectivity index is 4.79. The maximum absolute atomic E-state index is 6.03. The van der Waals surface area contributed by atoms with Crippen LogP contribution in [0.4, 0.5) is 0 Å². The zero-order valence-electron chi connectivity index (χ0n) is 22.7. The molecule has 0 heterocycles. The van der Waals surface area contributed by atoms with E-state index in [4.69, 9.17) is 26.6 Å². The van der Waals surface area contributed by atoms with Gasteiger partial charge in [-0.2, -0.15) is 0 Å². The summed E-state index contributed by atoms with van der Waals surface area (Å²) in [6.45, 7) is 20.9. The minimum atomic E-state index is -2.52. The van der Waals surface area contributed by atoms with E-state index in [1.165, 1.54) is 20.4 Å². The molecule has 0 spiro atoms. The second-order valence-electron chi connectivity index (χ2n) is 7.49. The van der Waals surface area contributed by atoms with Gasteiger partial charge in [-0.1, -0.05) is 0 Å². The van der Waals surface area contributed by atoms with Crippen LogP contribution in [0.25, 0.3) is 0 Å². The summed E-state index contributed by atoms with van der Waals surface area (Å²) in [5.74, 6) is 2.37. The predicted octanol–water partition coefficient (Wildman–Crippen LogP) is 6.81. The molecule has 0 aromatic heterocycles. The zero-order chi connectivity index (χ0) is 25.1. The molecule has 0 aliphatic heterocycles. The van der Waals surface area contributed by atoms with E-state index in [0.717, 1.165) is 24.9 Å². The Hall–Kier alpha value is 1.69. The Morgan fingerprint density at radius 1 is 0.485 bits per heavy atom. The molecule has 0 aliphatic rings. The monoisotopic (exact) mass is 652 g/mol. The van der Waals surface area contributed by atoms with E-state index in [9.17, 15) is 0 Å². The van der Waals surface area contributed by atoms with Crippen LogP contribution in [-0.2, 0) is 26.6 Å². The van der Waals surface area contributed by atoms with Crippen LogP contribution in [0.3, 0.4) is 0 Å². The van der Waals surface area contributed by atoms with Crippen molar-refractivity contribution in [1.82, 2.24) is 0 Å². The van der Waals surface area contributed by atoms with Crippen molar-refractivity contribution in [3.05, 3.63) is 0 Å². The van der Waals surface area contributed by atoms with E-state index in [2.05, 4.69) is 31.7 Å². The van der Waals surface area contributed by atoms with Crippen LogP contribution in [0.5, 0.6) is 0 Å². The molecule has 0 aliphatic carbocycles. The van der Waals surface area contributed by atoms with Gasteiger partial charge in [-0.05, 0) is 0 Å². The van der Waals surface area contributed by atoms with Crippen molar-refractivity contribution in [3.63, 3.8) is 0 Å². The first-order valence-corrected chi connectivity index (χ1v) is 29.9. The summed E-state index contributed by atoms with van der Waals surface area (Å²) >= 11 is -2.28. The Kier molecular flexibility index (Phi) is 21.8. The predicted molar refractivity (Wildman–Crippen MR) is 152 cm³/mol. The Bertz CT molecular complexity index is 395. The molecule has 0 fully saturated rings. The number of hydrogen-bond donors (Lipinski definition) is 0. The van der Waals surface area contributed by atoms with Crippen molar-refractivity contribution in [2.45, 2.75) is 89.2 Å². The molecule has 0 rings (SSSR count). The minimum absolute atomic E-state index is 0.651. The van der Waals surface area contributed by atoms with Gasteiger partial charge in [0, 0.05) is 0 Å². The third-order valence-corrected chi connectivity index (χ3v) is 44.7. The maximum atomic E-state index is 6.03. The van der Waals surface area contributed by atoms with Crippen LogP contribution < -0.4 is 0 Å². The molecule has 0 aromatic carbocycles. The fourth-order valence-corrected chi connectivity index (χ4v) is 34.8. The van der Waals surface area contributed by atoms with Crippen LogP contribution in [0, 0.1) is 0 Å². The summed E-state index contributed by atoms with van der Waals surface area (Å²) in [5, 5.41) is 0. The van der Waals surface area contributed by atoms with Crippen molar-refractivity contribution in [2.24, 2.45) is 0 Å². The number of hydrogen-bond acceptors (Lipinski definition) is 8. The van der Waals surface area contributed by atoms with Gasteiger partial charge in [0.2, 0.25) is 0 Å². The SMILES string of the molecule is CCO[Si](CCC[S][Sn]([CH2]C)([CH2]C)[S]CCC[Si](OCC)(OCC)OCC)(OCC)OCC. The Labute approximate surface area is 216 Å². The summed E-state index contributed by atoms with van der Waals surface area (Å²) in [6, 6.07) is 1.83. The van der Waals surface area contributed by atoms with Crippen LogP contribution in [-0.4, -0.2) is 84.4 Å². The van der Waals surface area contributed by atoms with Crippen molar-refractivity contribution < 1.29 is 26.6 Å². The molecule has 0 bridgehead atoms. The van der Waals surface area contributed by atoms with Gasteiger partial charge in [0.1, 0.15) is 0 Å². The van der Waals surface area contributed by atoms with E-state index >= 15 is 0 Å². The molecule has 33 heavy (non-hydrogen) atoms. The molecule has 0 radical (unpaired) electrons. The van der Waals surface area contributed by atoms with Crippen LogP contribution in [0.15, 0.2) is 0 Å². The normalized spacial score (nSPS) is 13.1. The van der Waals surface area contributed by atoms with Gasteiger partial charge in [-0.3, -0.25) is 0 Å². The summed E-state index contributed by atoms with van der Waals surface area (Å²) in [4.78, 5) is 0. The van der Waals surface area contributed by atoms with E-state index in [-0.39, 0.29) is 0 Å². The van der Waals surface area contributed by atoms with Gasteiger partial charge >= 0.3 is 218 Å². The molecule has 0 amide bonds. The molecule has 0 N–H and O–H groups in total. The average Bonchev–Trinajstić information content (AvgIpc) is 2.79. The molecule has 0 saturated heterocycles. The van der Waals surface area contributed by atoms with E-state index in [1.54, 1.807) is 0 Å². The summed E-state index contributed by atoms with van der Waals surface area (Å²) in [5.41, 5.74) is 0. The van der Waals surface area contributed by atoms with E-state index < -0.39 is 33.2 Å². The number of rotatable bonds is 24. The first-order valence-electron chi connectivity index (χ1n) is 13.0.